The van der Waals surface area contributed by atoms with Crippen molar-refractivity contribution in [2.24, 2.45) is 11.8 Å². The van der Waals surface area contributed by atoms with E-state index in [9.17, 15) is 10.1 Å². The van der Waals surface area contributed by atoms with Crippen molar-refractivity contribution in [1.29, 1.82) is 0 Å². The Labute approximate surface area is 108 Å². The first-order valence-electron chi connectivity index (χ1n) is 6.65. The van der Waals surface area contributed by atoms with Crippen molar-refractivity contribution in [2.75, 3.05) is 11.9 Å². The number of anilines is 1. The van der Waals surface area contributed by atoms with Crippen LogP contribution in [-0.4, -0.2) is 11.5 Å². The largest absolute Gasteiger partial charge is 0.385 e. The summed E-state index contributed by atoms with van der Waals surface area (Å²) in [6.07, 6.45) is 5.23. The van der Waals surface area contributed by atoms with Crippen LogP contribution < -0.4 is 5.32 Å². The lowest BCUT2D eigenvalue weighted by Gasteiger charge is -2.29. The van der Waals surface area contributed by atoms with Gasteiger partial charge in [0.1, 0.15) is 0 Å². The van der Waals surface area contributed by atoms with E-state index in [4.69, 9.17) is 0 Å². The lowest BCUT2D eigenvalue weighted by atomic mass is 9.80. The summed E-state index contributed by atoms with van der Waals surface area (Å²) < 4.78 is 0. The van der Waals surface area contributed by atoms with Gasteiger partial charge in [-0.1, -0.05) is 32.3 Å². The van der Waals surface area contributed by atoms with Crippen LogP contribution in [0.1, 0.15) is 32.6 Å². The van der Waals surface area contributed by atoms with Gasteiger partial charge in [0.25, 0.3) is 5.69 Å². The number of benzene rings is 1. The molecule has 98 valence electrons. The van der Waals surface area contributed by atoms with E-state index in [-0.39, 0.29) is 10.6 Å². The van der Waals surface area contributed by atoms with Crippen LogP contribution in [0.4, 0.5) is 11.4 Å². The average Bonchev–Trinajstić information content (AvgIpc) is 2.38. The summed E-state index contributed by atoms with van der Waals surface area (Å²) in [5, 5.41) is 14.0. The Hall–Kier alpha value is -1.58. The van der Waals surface area contributed by atoms with Crippen molar-refractivity contribution in [3.8, 4) is 0 Å². The fourth-order valence-electron chi connectivity index (χ4n) is 2.67. The third-order valence-corrected chi connectivity index (χ3v) is 3.91. The van der Waals surface area contributed by atoms with Crippen LogP contribution in [0, 0.1) is 22.0 Å². The van der Waals surface area contributed by atoms with Crippen molar-refractivity contribution in [2.45, 2.75) is 32.6 Å². The van der Waals surface area contributed by atoms with Crippen LogP contribution in [-0.2, 0) is 0 Å². The summed E-state index contributed by atoms with van der Waals surface area (Å²) in [6, 6.07) is 6.74. The summed E-state index contributed by atoms with van der Waals surface area (Å²) in [4.78, 5) is 10.3. The molecule has 1 aliphatic carbocycles. The Bertz CT molecular complexity index is 420. The van der Waals surface area contributed by atoms with E-state index in [1.807, 2.05) is 6.07 Å². The molecule has 1 fully saturated rings. The van der Waals surface area contributed by atoms with E-state index in [1.54, 1.807) is 12.1 Å². The Kier molecular flexibility index (Phi) is 4.18. The Morgan fingerprint density at radius 1 is 1.39 bits per heavy atom. The number of nitro benzene ring substituents is 1. The molecule has 0 radical (unpaired) electrons. The first kappa shape index (κ1) is 12.9. The van der Waals surface area contributed by atoms with Crippen LogP contribution in [0.25, 0.3) is 0 Å². The van der Waals surface area contributed by atoms with E-state index in [0.717, 1.165) is 18.2 Å². The maximum atomic E-state index is 10.7. The van der Waals surface area contributed by atoms with Crippen molar-refractivity contribution in [3.63, 3.8) is 0 Å². The molecule has 4 heteroatoms. The number of hydrogen-bond donors (Lipinski definition) is 1. The van der Waals surface area contributed by atoms with Gasteiger partial charge in [-0.3, -0.25) is 10.1 Å². The van der Waals surface area contributed by atoms with Crippen LogP contribution in [0.15, 0.2) is 24.3 Å². The van der Waals surface area contributed by atoms with Gasteiger partial charge in [0.15, 0.2) is 0 Å². The quantitative estimate of drug-likeness (QED) is 0.650. The molecule has 0 heterocycles. The molecule has 0 spiro atoms. The molecular weight excluding hydrogens is 228 g/mol. The summed E-state index contributed by atoms with van der Waals surface area (Å²) in [5.41, 5.74) is 0.999. The molecular formula is C14H20N2O2. The van der Waals surface area contributed by atoms with Crippen molar-refractivity contribution in [1.82, 2.24) is 0 Å². The third kappa shape index (κ3) is 3.22. The van der Waals surface area contributed by atoms with Gasteiger partial charge in [0.2, 0.25) is 0 Å². The molecule has 0 bridgehead atoms. The molecule has 1 aliphatic rings. The number of hydrogen-bond acceptors (Lipinski definition) is 3. The first-order chi connectivity index (χ1) is 8.66. The topological polar surface area (TPSA) is 55.2 Å². The van der Waals surface area contributed by atoms with Crippen LogP contribution in [0.2, 0.25) is 0 Å². The van der Waals surface area contributed by atoms with Crippen LogP contribution in [0.3, 0.4) is 0 Å². The number of rotatable bonds is 4. The van der Waals surface area contributed by atoms with E-state index < -0.39 is 0 Å². The van der Waals surface area contributed by atoms with Gasteiger partial charge in [-0.15, -0.1) is 0 Å². The minimum absolute atomic E-state index is 0.150. The predicted octanol–water partition coefficient (Wildman–Crippen LogP) is 3.83. The second kappa shape index (κ2) is 5.85. The van der Waals surface area contributed by atoms with Crippen molar-refractivity contribution < 1.29 is 4.92 Å². The maximum Gasteiger partial charge on any atom is 0.271 e. The Morgan fingerprint density at radius 3 is 2.89 bits per heavy atom. The SMILES string of the molecule is CC1CCCCC1CNc1cccc([N+](=O)[O-])c1. The fourth-order valence-corrected chi connectivity index (χ4v) is 2.67. The van der Waals surface area contributed by atoms with Gasteiger partial charge >= 0.3 is 0 Å². The molecule has 0 aromatic heterocycles. The second-order valence-corrected chi connectivity index (χ2v) is 5.21. The highest BCUT2D eigenvalue weighted by Gasteiger charge is 2.20. The number of nitro groups is 1. The molecule has 18 heavy (non-hydrogen) atoms. The minimum atomic E-state index is -0.353. The van der Waals surface area contributed by atoms with E-state index >= 15 is 0 Å². The van der Waals surface area contributed by atoms with Crippen molar-refractivity contribution in [3.05, 3.63) is 34.4 Å². The molecule has 1 N–H and O–H groups in total. The van der Waals surface area contributed by atoms with Crippen LogP contribution >= 0.6 is 0 Å². The molecule has 1 aromatic carbocycles. The highest BCUT2D eigenvalue weighted by Crippen LogP contribution is 2.29. The summed E-state index contributed by atoms with van der Waals surface area (Å²) in [7, 11) is 0. The summed E-state index contributed by atoms with van der Waals surface area (Å²) >= 11 is 0. The minimum Gasteiger partial charge on any atom is -0.385 e. The molecule has 0 amide bonds. The van der Waals surface area contributed by atoms with Gasteiger partial charge in [0, 0.05) is 24.4 Å². The monoisotopic (exact) mass is 248 g/mol. The average molecular weight is 248 g/mol. The van der Waals surface area contributed by atoms with Crippen LogP contribution in [0.5, 0.6) is 0 Å². The maximum absolute atomic E-state index is 10.7. The molecule has 4 nitrogen and oxygen atoms in total. The number of non-ortho nitro benzene ring substituents is 1. The van der Waals surface area contributed by atoms with Gasteiger partial charge in [0.05, 0.1) is 4.92 Å². The standard InChI is InChI=1S/C14H20N2O2/c1-11-5-2-3-6-12(11)10-15-13-7-4-8-14(9-13)16(17)18/h4,7-9,11-12,15H,2-3,5-6,10H2,1H3. The zero-order chi connectivity index (χ0) is 13.0. The molecule has 1 aromatic rings. The third-order valence-electron chi connectivity index (χ3n) is 3.91. The zero-order valence-electron chi connectivity index (χ0n) is 10.8. The zero-order valence-corrected chi connectivity index (χ0v) is 10.8. The van der Waals surface area contributed by atoms with Gasteiger partial charge in [-0.25, -0.2) is 0 Å². The van der Waals surface area contributed by atoms with E-state index in [0.29, 0.717) is 5.92 Å². The van der Waals surface area contributed by atoms with Gasteiger partial charge < -0.3 is 5.32 Å². The smallest absolute Gasteiger partial charge is 0.271 e. The van der Waals surface area contributed by atoms with E-state index in [2.05, 4.69) is 12.2 Å². The lowest BCUT2D eigenvalue weighted by Crippen LogP contribution is -2.24. The molecule has 0 aliphatic heterocycles. The number of nitrogens with one attached hydrogen (secondary N) is 1. The highest BCUT2D eigenvalue weighted by molar-refractivity contribution is 5.50. The first-order valence-corrected chi connectivity index (χ1v) is 6.65. The number of nitrogens with zero attached hydrogens (tertiary/aromatic N) is 1. The van der Waals surface area contributed by atoms with Gasteiger partial charge in [-0.05, 0) is 24.3 Å². The second-order valence-electron chi connectivity index (χ2n) is 5.21. The lowest BCUT2D eigenvalue weighted by molar-refractivity contribution is -0.384. The molecule has 0 saturated heterocycles. The molecule has 2 rings (SSSR count). The highest BCUT2D eigenvalue weighted by atomic mass is 16.6. The molecule has 1 saturated carbocycles. The van der Waals surface area contributed by atoms with Gasteiger partial charge in [-0.2, -0.15) is 0 Å². The summed E-state index contributed by atoms with van der Waals surface area (Å²) in [6.45, 7) is 3.22. The Balaban J connectivity index is 1.93. The molecule has 2 atom stereocenters. The molecule has 2 unspecified atom stereocenters. The van der Waals surface area contributed by atoms with E-state index in [1.165, 1.54) is 31.7 Å². The normalized spacial score (nSPS) is 23.6. The predicted molar refractivity (Wildman–Crippen MR) is 72.7 cm³/mol. The fraction of sp³-hybridized carbons (Fsp3) is 0.571. The van der Waals surface area contributed by atoms with Crippen molar-refractivity contribution >= 4 is 11.4 Å². The summed E-state index contributed by atoms with van der Waals surface area (Å²) in [5.74, 6) is 1.45. The Morgan fingerprint density at radius 2 is 2.17 bits per heavy atom.